The molecule has 1 aliphatic heterocycles. The van der Waals surface area contributed by atoms with Gasteiger partial charge < -0.3 is 5.32 Å². The highest BCUT2D eigenvalue weighted by molar-refractivity contribution is 5.97. The highest BCUT2D eigenvalue weighted by atomic mass is 16.1. The minimum atomic E-state index is -0.107. The number of carbonyl (C=O) groups is 1. The average Bonchev–Trinajstić information content (AvgIpc) is 2.77. The summed E-state index contributed by atoms with van der Waals surface area (Å²) in [6.07, 6.45) is 8.19. The average molecular weight is 392 g/mol. The molecule has 1 atom stereocenters. The number of nitrogens with one attached hydrogen (secondary N) is 1. The molecule has 29 heavy (non-hydrogen) atoms. The molecule has 150 valence electrons. The molecule has 1 N–H and O–H groups in total. The second-order valence-electron chi connectivity index (χ2n) is 7.24. The zero-order valence-corrected chi connectivity index (χ0v) is 16.2. The van der Waals surface area contributed by atoms with Crippen LogP contribution in [0.25, 0.3) is 11.0 Å². The molecule has 1 aliphatic rings. The maximum absolute atomic E-state index is 12.6. The molecule has 8 nitrogen and oxygen atoms in total. The van der Waals surface area contributed by atoms with E-state index in [-0.39, 0.29) is 17.5 Å². The molecule has 3 aromatic rings. The van der Waals surface area contributed by atoms with E-state index in [4.69, 9.17) is 0 Å². The van der Waals surface area contributed by atoms with Gasteiger partial charge in [-0.05, 0) is 43.7 Å². The zero-order chi connectivity index (χ0) is 20.1. The van der Waals surface area contributed by atoms with Crippen molar-refractivity contribution in [3.8, 4) is 0 Å². The lowest BCUT2D eigenvalue weighted by molar-refractivity contribution is 0.0909. The molecule has 8 heteroatoms. The second-order valence-corrected chi connectivity index (χ2v) is 7.24. The smallest absolute Gasteiger partial charge is 0.266 e. The first-order valence-corrected chi connectivity index (χ1v) is 9.96. The standard InChI is InChI=1S/C21H24N6O2/c28-20-5-3-8-25-27(20)13-12-26-11-2-1-4-17(26)15-24-21(29)16-6-7-18-19(14-16)23-10-9-22-18/h3,5-10,14,17H,1-2,4,11-13,15H2,(H,24,29). The van der Waals surface area contributed by atoms with Gasteiger partial charge in [-0.1, -0.05) is 6.42 Å². The van der Waals surface area contributed by atoms with E-state index in [2.05, 4.69) is 25.3 Å². The van der Waals surface area contributed by atoms with Gasteiger partial charge in [0.2, 0.25) is 0 Å². The van der Waals surface area contributed by atoms with Crippen molar-refractivity contribution in [2.45, 2.75) is 31.8 Å². The van der Waals surface area contributed by atoms with Gasteiger partial charge in [0.05, 0.1) is 17.6 Å². The van der Waals surface area contributed by atoms with Crippen LogP contribution in [0, 0.1) is 0 Å². The largest absolute Gasteiger partial charge is 0.350 e. The van der Waals surface area contributed by atoms with Gasteiger partial charge >= 0.3 is 0 Å². The molecule has 1 unspecified atom stereocenters. The molecule has 2 aromatic heterocycles. The lowest BCUT2D eigenvalue weighted by Crippen LogP contribution is -2.48. The van der Waals surface area contributed by atoms with E-state index >= 15 is 0 Å². The number of likely N-dealkylation sites (tertiary alicyclic amines) is 1. The topological polar surface area (TPSA) is 93.0 Å². The number of rotatable bonds is 6. The second kappa shape index (κ2) is 8.91. The molecule has 0 saturated carbocycles. The molecule has 3 heterocycles. The number of aromatic nitrogens is 4. The number of fused-ring (bicyclic) bond motifs is 1. The molecular formula is C21H24N6O2. The van der Waals surface area contributed by atoms with Gasteiger partial charge in [0, 0.05) is 49.4 Å². The van der Waals surface area contributed by atoms with Crippen molar-refractivity contribution in [3.63, 3.8) is 0 Å². The van der Waals surface area contributed by atoms with Crippen molar-refractivity contribution in [2.24, 2.45) is 0 Å². The molecule has 1 amide bonds. The third kappa shape index (κ3) is 4.65. The molecule has 0 aliphatic carbocycles. The lowest BCUT2D eigenvalue weighted by Gasteiger charge is -2.35. The van der Waals surface area contributed by atoms with Crippen molar-refractivity contribution in [3.05, 3.63) is 64.8 Å². The van der Waals surface area contributed by atoms with E-state index < -0.39 is 0 Å². The predicted octanol–water partition coefficient (Wildman–Crippen LogP) is 1.47. The Bertz CT molecular complexity index is 1050. The van der Waals surface area contributed by atoms with Crippen LogP contribution in [0.2, 0.25) is 0 Å². The predicted molar refractivity (Wildman–Crippen MR) is 110 cm³/mol. The van der Waals surface area contributed by atoms with Crippen LogP contribution < -0.4 is 10.9 Å². The molecular weight excluding hydrogens is 368 g/mol. The summed E-state index contributed by atoms with van der Waals surface area (Å²) in [4.78, 5) is 35.3. The first kappa shape index (κ1) is 19.2. The minimum absolute atomic E-state index is 0.0891. The lowest BCUT2D eigenvalue weighted by atomic mass is 10.0. The summed E-state index contributed by atoms with van der Waals surface area (Å²) in [5, 5.41) is 7.18. The van der Waals surface area contributed by atoms with Crippen molar-refractivity contribution >= 4 is 16.9 Å². The summed E-state index contributed by atoms with van der Waals surface area (Å²) in [7, 11) is 0. The highest BCUT2D eigenvalue weighted by Gasteiger charge is 2.23. The van der Waals surface area contributed by atoms with E-state index in [1.165, 1.54) is 10.7 Å². The van der Waals surface area contributed by atoms with Gasteiger partial charge in [-0.15, -0.1) is 0 Å². The molecule has 1 aromatic carbocycles. The van der Waals surface area contributed by atoms with Crippen LogP contribution in [0.15, 0.2) is 53.7 Å². The van der Waals surface area contributed by atoms with Gasteiger partial charge in [0.1, 0.15) is 0 Å². The van der Waals surface area contributed by atoms with Crippen LogP contribution >= 0.6 is 0 Å². The third-order valence-corrected chi connectivity index (χ3v) is 5.36. The number of benzene rings is 1. The van der Waals surface area contributed by atoms with Gasteiger partial charge in [0.25, 0.3) is 11.5 Å². The van der Waals surface area contributed by atoms with Crippen LogP contribution in [-0.4, -0.2) is 56.2 Å². The van der Waals surface area contributed by atoms with Gasteiger partial charge in [-0.2, -0.15) is 5.10 Å². The number of nitrogens with zero attached hydrogens (tertiary/aromatic N) is 5. The number of carbonyl (C=O) groups excluding carboxylic acids is 1. The fraction of sp³-hybridized carbons (Fsp3) is 0.381. The van der Waals surface area contributed by atoms with Crippen LogP contribution in [0.3, 0.4) is 0 Å². The van der Waals surface area contributed by atoms with Crippen LogP contribution in [-0.2, 0) is 6.54 Å². The summed E-state index contributed by atoms with van der Waals surface area (Å²) in [6.45, 7) is 2.83. The van der Waals surface area contributed by atoms with Crippen molar-refractivity contribution in [2.75, 3.05) is 19.6 Å². The number of hydrogen-bond donors (Lipinski definition) is 1. The van der Waals surface area contributed by atoms with Gasteiger partial charge in [-0.3, -0.25) is 24.5 Å². The molecule has 1 saturated heterocycles. The molecule has 1 fully saturated rings. The Morgan fingerprint density at radius 1 is 1.07 bits per heavy atom. The fourth-order valence-electron chi connectivity index (χ4n) is 3.78. The molecule has 4 rings (SSSR count). The molecule has 0 spiro atoms. The van der Waals surface area contributed by atoms with Crippen LogP contribution in [0.5, 0.6) is 0 Å². The Kier molecular flexibility index (Phi) is 5.90. The highest BCUT2D eigenvalue weighted by Crippen LogP contribution is 2.17. The minimum Gasteiger partial charge on any atom is -0.350 e. The van der Waals surface area contributed by atoms with Crippen molar-refractivity contribution in [1.82, 2.24) is 30.0 Å². The maximum Gasteiger partial charge on any atom is 0.266 e. The summed E-state index contributed by atoms with van der Waals surface area (Å²) in [5.74, 6) is -0.107. The molecule has 0 radical (unpaired) electrons. The fourth-order valence-corrected chi connectivity index (χ4v) is 3.78. The third-order valence-electron chi connectivity index (χ3n) is 5.36. The first-order chi connectivity index (χ1) is 14.2. The van der Waals surface area contributed by atoms with Gasteiger partial charge in [0.15, 0.2) is 0 Å². The molecule has 0 bridgehead atoms. The van der Waals surface area contributed by atoms with Crippen LogP contribution in [0.4, 0.5) is 0 Å². The van der Waals surface area contributed by atoms with Crippen molar-refractivity contribution < 1.29 is 4.79 Å². The quantitative estimate of drug-likeness (QED) is 0.683. The van der Waals surface area contributed by atoms with Gasteiger partial charge in [-0.25, -0.2) is 4.68 Å². The normalized spacial score (nSPS) is 17.3. The Labute approximate surface area is 168 Å². The maximum atomic E-state index is 12.6. The zero-order valence-electron chi connectivity index (χ0n) is 16.2. The summed E-state index contributed by atoms with van der Waals surface area (Å²) in [6, 6.07) is 8.79. The first-order valence-electron chi connectivity index (χ1n) is 9.96. The number of amides is 1. The summed E-state index contributed by atoms with van der Waals surface area (Å²) in [5.41, 5.74) is 1.97. The van der Waals surface area contributed by atoms with Crippen molar-refractivity contribution in [1.29, 1.82) is 0 Å². The van der Waals surface area contributed by atoms with E-state index in [1.54, 1.807) is 36.8 Å². The van der Waals surface area contributed by atoms with E-state index in [0.29, 0.717) is 24.2 Å². The number of piperidine rings is 1. The summed E-state index contributed by atoms with van der Waals surface area (Å²) < 4.78 is 1.49. The monoisotopic (exact) mass is 392 g/mol. The van der Waals surface area contributed by atoms with E-state index in [0.717, 1.165) is 37.9 Å². The SMILES string of the molecule is O=C(NCC1CCCCN1CCn1ncccc1=O)c1ccc2nccnc2c1. The number of hydrogen-bond acceptors (Lipinski definition) is 6. The summed E-state index contributed by atoms with van der Waals surface area (Å²) >= 11 is 0. The Balaban J connectivity index is 1.36. The Morgan fingerprint density at radius 2 is 1.93 bits per heavy atom. The Morgan fingerprint density at radius 3 is 2.79 bits per heavy atom. The van der Waals surface area contributed by atoms with E-state index in [9.17, 15) is 9.59 Å². The van der Waals surface area contributed by atoms with E-state index in [1.807, 2.05) is 6.07 Å². The van der Waals surface area contributed by atoms with Crippen LogP contribution in [0.1, 0.15) is 29.6 Å². The Hall–Kier alpha value is -3.13.